The Morgan fingerprint density at radius 1 is 1.39 bits per heavy atom. The summed E-state index contributed by atoms with van der Waals surface area (Å²) in [4.78, 5) is 14.4. The lowest BCUT2D eigenvalue weighted by Gasteiger charge is -2.34. The van der Waals surface area contributed by atoms with Crippen LogP contribution >= 0.6 is 11.3 Å². The Morgan fingerprint density at radius 2 is 2.26 bits per heavy atom. The smallest absolute Gasteiger partial charge is 0.240 e. The average molecular weight is 340 g/mol. The highest BCUT2D eigenvalue weighted by Gasteiger charge is 2.24. The predicted molar refractivity (Wildman–Crippen MR) is 92.7 cm³/mol. The van der Waals surface area contributed by atoms with E-state index in [0.717, 1.165) is 43.7 Å². The van der Waals surface area contributed by atoms with Crippen molar-refractivity contribution < 1.29 is 9.90 Å². The predicted octanol–water partition coefficient (Wildman–Crippen LogP) is 2.45. The maximum Gasteiger partial charge on any atom is 0.240 e. The van der Waals surface area contributed by atoms with Crippen molar-refractivity contribution in [3.05, 3.63) is 5.01 Å². The molecule has 2 rings (SSSR count). The number of hydrogen-bond acceptors (Lipinski definition) is 6. The topological polar surface area (TPSA) is 78.4 Å². The molecule has 6 nitrogen and oxygen atoms in total. The summed E-state index contributed by atoms with van der Waals surface area (Å²) in [5.74, 6) is -0.0360. The third-order valence-corrected chi connectivity index (χ3v) is 5.16. The van der Waals surface area contributed by atoms with E-state index in [2.05, 4.69) is 27.3 Å². The van der Waals surface area contributed by atoms with Crippen molar-refractivity contribution in [3.8, 4) is 0 Å². The number of unbranched alkanes of at least 4 members (excludes halogenated alkanes) is 2. The number of rotatable bonds is 9. The Balaban J connectivity index is 1.79. The van der Waals surface area contributed by atoms with Gasteiger partial charge >= 0.3 is 0 Å². The molecule has 0 aromatic carbocycles. The van der Waals surface area contributed by atoms with Crippen molar-refractivity contribution in [1.82, 2.24) is 15.1 Å². The third kappa shape index (κ3) is 6.16. The van der Waals surface area contributed by atoms with Crippen LogP contribution in [0.3, 0.4) is 0 Å². The largest absolute Gasteiger partial charge is 0.396 e. The lowest BCUT2D eigenvalue weighted by Crippen LogP contribution is -2.44. The number of aliphatic hydroxyl groups is 1. The molecule has 1 aromatic rings. The van der Waals surface area contributed by atoms with Crippen molar-refractivity contribution in [3.63, 3.8) is 0 Å². The number of aromatic nitrogens is 2. The first-order valence-corrected chi connectivity index (χ1v) is 9.51. The second-order valence-electron chi connectivity index (χ2n) is 6.14. The van der Waals surface area contributed by atoms with Gasteiger partial charge in [-0.3, -0.25) is 15.0 Å². The van der Waals surface area contributed by atoms with E-state index in [1.54, 1.807) is 0 Å². The van der Waals surface area contributed by atoms with E-state index >= 15 is 0 Å². The fraction of sp³-hybridized carbons (Fsp3) is 0.812. The molecule has 23 heavy (non-hydrogen) atoms. The molecule has 1 aliphatic heterocycles. The fourth-order valence-corrected chi connectivity index (χ4v) is 3.82. The Hall–Kier alpha value is -1.05. The van der Waals surface area contributed by atoms with Gasteiger partial charge in [0.1, 0.15) is 5.01 Å². The number of aliphatic hydroxyl groups excluding tert-OH is 1. The minimum absolute atomic E-state index is 0.0360. The second kappa shape index (κ2) is 9.95. The Labute approximate surface area is 142 Å². The van der Waals surface area contributed by atoms with Gasteiger partial charge in [0.25, 0.3) is 0 Å². The normalized spacial score (nSPS) is 19.0. The minimum Gasteiger partial charge on any atom is -0.396 e. The lowest BCUT2D eigenvalue weighted by atomic mass is 10.00. The van der Waals surface area contributed by atoms with Crippen LogP contribution in [0.2, 0.25) is 0 Å². The second-order valence-corrected chi connectivity index (χ2v) is 7.20. The molecule has 1 atom stereocenters. The summed E-state index contributed by atoms with van der Waals surface area (Å²) in [5, 5.41) is 21.8. The number of amides is 1. The van der Waals surface area contributed by atoms with Crippen molar-refractivity contribution in [2.75, 3.05) is 25.0 Å². The number of anilines is 1. The summed E-state index contributed by atoms with van der Waals surface area (Å²) in [6.45, 7) is 3.66. The number of nitrogens with one attached hydrogen (secondary N) is 1. The highest BCUT2D eigenvalue weighted by Crippen LogP contribution is 2.20. The first-order valence-electron chi connectivity index (χ1n) is 8.70. The fourth-order valence-electron chi connectivity index (χ4n) is 3.02. The number of piperidine rings is 1. The quantitative estimate of drug-likeness (QED) is 0.675. The van der Waals surface area contributed by atoms with Crippen LogP contribution in [0.1, 0.15) is 56.9 Å². The van der Waals surface area contributed by atoms with Crippen LogP contribution in [0.4, 0.5) is 5.13 Å². The van der Waals surface area contributed by atoms with Crippen molar-refractivity contribution in [1.29, 1.82) is 0 Å². The molecule has 0 spiro atoms. The number of aryl methyl sites for hydroxylation is 1. The van der Waals surface area contributed by atoms with Gasteiger partial charge in [0.05, 0.1) is 6.54 Å². The van der Waals surface area contributed by atoms with Gasteiger partial charge in [-0.25, -0.2) is 0 Å². The maximum atomic E-state index is 12.2. The minimum atomic E-state index is -0.0360. The van der Waals surface area contributed by atoms with Crippen molar-refractivity contribution >= 4 is 22.4 Å². The number of carbonyl (C=O) groups is 1. The van der Waals surface area contributed by atoms with Crippen LogP contribution in [-0.2, 0) is 11.2 Å². The number of hydrogen-bond donors (Lipinski definition) is 2. The highest BCUT2D eigenvalue weighted by molar-refractivity contribution is 7.15. The van der Waals surface area contributed by atoms with Gasteiger partial charge in [-0.05, 0) is 32.2 Å². The zero-order chi connectivity index (χ0) is 16.5. The molecule has 1 aromatic heterocycles. The molecule has 7 heteroatoms. The van der Waals surface area contributed by atoms with Crippen LogP contribution in [-0.4, -0.2) is 51.8 Å². The van der Waals surface area contributed by atoms with Crippen LogP contribution < -0.4 is 5.32 Å². The summed E-state index contributed by atoms with van der Waals surface area (Å²) < 4.78 is 0. The molecule has 2 N–H and O–H groups in total. The van der Waals surface area contributed by atoms with Gasteiger partial charge in [-0.1, -0.05) is 37.5 Å². The zero-order valence-corrected chi connectivity index (χ0v) is 14.8. The zero-order valence-electron chi connectivity index (χ0n) is 14.0. The Kier molecular flexibility index (Phi) is 7.91. The van der Waals surface area contributed by atoms with Crippen LogP contribution in [0.5, 0.6) is 0 Å². The molecular weight excluding hydrogens is 312 g/mol. The monoisotopic (exact) mass is 340 g/mol. The van der Waals surface area contributed by atoms with Crippen LogP contribution in [0, 0.1) is 0 Å². The van der Waals surface area contributed by atoms with E-state index in [1.807, 2.05) is 0 Å². The van der Waals surface area contributed by atoms with E-state index in [0.29, 0.717) is 17.7 Å². The van der Waals surface area contributed by atoms with Gasteiger partial charge in [0.2, 0.25) is 11.0 Å². The summed E-state index contributed by atoms with van der Waals surface area (Å²) in [7, 11) is 0. The first kappa shape index (κ1) is 18.3. The Morgan fingerprint density at radius 3 is 3.04 bits per heavy atom. The molecule has 0 bridgehead atoms. The van der Waals surface area contributed by atoms with Gasteiger partial charge < -0.3 is 5.11 Å². The molecule has 1 aliphatic rings. The van der Waals surface area contributed by atoms with E-state index < -0.39 is 0 Å². The summed E-state index contributed by atoms with van der Waals surface area (Å²) >= 11 is 1.47. The van der Waals surface area contributed by atoms with Gasteiger partial charge in [0, 0.05) is 19.1 Å². The van der Waals surface area contributed by atoms with Crippen molar-refractivity contribution in [2.45, 2.75) is 64.3 Å². The Bertz CT molecular complexity index is 478. The van der Waals surface area contributed by atoms with Gasteiger partial charge in [0.15, 0.2) is 0 Å². The number of carbonyl (C=O) groups excluding carboxylic acids is 1. The van der Waals surface area contributed by atoms with E-state index in [1.165, 1.54) is 30.6 Å². The summed E-state index contributed by atoms with van der Waals surface area (Å²) in [5.41, 5.74) is 0. The lowest BCUT2D eigenvalue weighted by molar-refractivity contribution is -0.118. The average Bonchev–Trinajstić information content (AvgIpc) is 2.97. The van der Waals surface area contributed by atoms with Crippen LogP contribution in [0.15, 0.2) is 0 Å². The van der Waals surface area contributed by atoms with Crippen molar-refractivity contribution in [2.24, 2.45) is 0 Å². The van der Waals surface area contributed by atoms with E-state index in [4.69, 9.17) is 5.11 Å². The third-order valence-electron chi connectivity index (χ3n) is 4.27. The van der Waals surface area contributed by atoms with Gasteiger partial charge in [-0.2, -0.15) is 0 Å². The molecule has 2 heterocycles. The van der Waals surface area contributed by atoms with Gasteiger partial charge in [-0.15, -0.1) is 10.2 Å². The summed E-state index contributed by atoms with van der Waals surface area (Å²) in [6, 6.07) is 0.318. The molecule has 1 unspecified atom stereocenters. The molecule has 1 saturated heterocycles. The van der Waals surface area contributed by atoms with E-state index in [-0.39, 0.29) is 12.5 Å². The molecule has 1 fully saturated rings. The molecule has 0 aliphatic carbocycles. The summed E-state index contributed by atoms with van der Waals surface area (Å²) in [6.07, 6.45) is 8.55. The SMILES string of the molecule is CCCCCc1nnc(NC(=O)CN2CCCCC2CCO)s1. The molecule has 1 amide bonds. The first-order chi connectivity index (χ1) is 11.2. The number of likely N-dealkylation sites (tertiary alicyclic amines) is 1. The maximum absolute atomic E-state index is 12.2. The standard InChI is InChI=1S/C16H28N4O2S/c1-2-3-4-8-15-18-19-16(23-15)17-14(22)12-20-10-6-5-7-13(20)9-11-21/h13,21H,2-12H2,1H3,(H,17,19,22). The molecule has 0 saturated carbocycles. The molecular formula is C16H28N4O2S. The highest BCUT2D eigenvalue weighted by atomic mass is 32.1. The molecule has 0 radical (unpaired) electrons. The van der Waals surface area contributed by atoms with E-state index in [9.17, 15) is 4.79 Å². The number of nitrogens with zero attached hydrogens (tertiary/aromatic N) is 3. The van der Waals surface area contributed by atoms with Crippen LogP contribution in [0.25, 0.3) is 0 Å². The molecule has 130 valence electrons.